The van der Waals surface area contributed by atoms with Crippen molar-refractivity contribution in [1.82, 2.24) is 0 Å². The van der Waals surface area contributed by atoms with Crippen LogP contribution in [0, 0.1) is 0 Å². The van der Waals surface area contributed by atoms with Crippen molar-refractivity contribution < 1.29 is 32.2 Å². The SMILES string of the molecule is CC(OC(=O)Cc1ccccc1)C(=O)Nc1cc(C(F)(F)F)ccc1N1CCOCC1. The van der Waals surface area contributed by atoms with E-state index in [2.05, 4.69) is 5.32 Å². The average Bonchev–Trinajstić information content (AvgIpc) is 2.74. The van der Waals surface area contributed by atoms with Gasteiger partial charge in [-0.1, -0.05) is 30.3 Å². The van der Waals surface area contributed by atoms with E-state index in [0.29, 0.717) is 32.0 Å². The quantitative estimate of drug-likeness (QED) is 0.701. The molecule has 1 amide bonds. The third-order valence-electron chi connectivity index (χ3n) is 4.80. The van der Waals surface area contributed by atoms with Crippen LogP contribution in [-0.4, -0.2) is 44.3 Å². The third-order valence-corrected chi connectivity index (χ3v) is 4.80. The number of esters is 1. The first kappa shape index (κ1) is 22.6. The molecule has 0 bridgehead atoms. The Morgan fingerprint density at radius 2 is 1.81 bits per heavy atom. The van der Waals surface area contributed by atoms with Crippen LogP contribution in [0.25, 0.3) is 0 Å². The van der Waals surface area contributed by atoms with E-state index in [-0.39, 0.29) is 12.1 Å². The van der Waals surface area contributed by atoms with Gasteiger partial charge in [0.1, 0.15) is 0 Å². The Hall–Kier alpha value is -3.07. The first-order valence-electron chi connectivity index (χ1n) is 9.82. The van der Waals surface area contributed by atoms with Gasteiger partial charge in [0.25, 0.3) is 5.91 Å². The highest BCUT2D eigenvalue weighted by molar-refractivity contribution is 5.98. The van der Waals surface area contributed by atoms with Crippen LogP contribution in [0.4, 0.5) is 24.5 Å². The molecule has 31 heavy (non-hydrogen) atoms. The number of nitrogens with one attached hydrogen (secondary N) is 1. The minimum atomic E-state index is -4.56. The maximum Gasteiger partial charge on any atom is 0.416 e. The summed E-state index contributed by atoms with van der Waals surface area (Å²) in [5.74, 6) is -1.32. The van der Waals surface area contributed by atoms with E-state index in [9.17, 15) is 22.8 Å². The Morgan fingerprint density at radius 3 is 2.45 bits per heavy atom. The number of benzene rings is 2. The van der Waals surface area contributed by atoms with Crippen molar-refractivity contribution >= 4 is 23.3 Å². The molecule has 9 heteroatoms. The number of morpholine rings is 1. The van der Waals surface area contributed by atoms with Crippen LogP contribution in [-0.2, 0) is 31.7 Å². The van der Waals surface area contributed by atoms with Gasteiger partial charge in [-0.25, -0.2) is 0 Å². The van der Waals surface area contributed by atoms with E-state index in [4.69, 9.17) is 9.47 Å². The molecule has 0 spiro atoms. The number of ether oxygens (including phenoxy) is 2. The number of hydrogen-bond acceptors (Lipinski definition) is 5. The van der Waals surface area contributed by atoms with E-state index in [1.807, 2.05) is 11.0 Å². The van der Waals surface area contributed by atoms with Crippen molar-refractivity contribution in [3.63, 3.8) is 0 Å². The van der Waals surface area contributed by atoms with Crippen LogP contribution in [0.1, 0.15) is 18.1 Å². The fourth-order valence-electron chi connectivity index (χ4n) is 3.18. The average molecular weight is 436 g/mol. The summed E-state index contributed by atoms with van der Waals surface area (Å²) in [5.41, 5.74) is 0.307. The summed E-state index contributed by atoms with van der Waals surface area (Å²) in [6.45, 7) is 3.20. The van der Waals surface area contributed by atoms with E-state index in [1.54, 1.807) is 24.3 Å². The maximum atomic E-state index is 13.2. The molecule has 0 saturated carbocycles. The normalized spacial score (nSPS) is 15.3. The summed E-state index contributed by atoms with van der Waals surface area (Å²) in [5, 5.41) is 2.49. The van der Waals surface area contributed by atoms with Gasteiger partial charge in [-0.2, -0.15) is 13.2 Å². The molecule has 2 aromatic rings. The van der Waals surface area contributed by atoms with Gasteiger partial charge in [0.15, 0.2) is 6.10 Å². The zero-order valence-electron chi connectivity index (χ0n) is 16.9. The van der Waals surface area contributed by atoms with Gasteiger partial charge in [0.05, 0.1) is 36.6 Å². The number of carbonyl (C=O) groups is 2. The molecule has 3 rings (SSSR count). The number of hydrogen-bond donors (Lipinski definition) is 1. The number of rotatable bonds is 6. The van der Waals surface area contributed by atoms with E-state index in [1.165, 1.54) is 13.0 Å². The first-order valence-corrected chi connectivity index (χ1v) is 9.82. The van der Waals surface area contributed by atoms with Crippen LogP contribution in [0.2, 0.25) is 0 Å². The monoisotopic (exact) mass is 436 g/mol. The molecule has 1 atom stereocenters. The van der Waals surface area contributed by atoms with E-state index < -0.39 is 29.7 Å². The summed E-state index contributed by atoms with van der Waals surface area (Å²) in [4.78, 5) is 26.5. The number of amides is 1. The molecule has 1 saturated heterocycles. The number of nitrogens with zero attached hydrogens (tertiary/aromatic N) is 1. The lowest BCUT2D eigenvalue weighted by Crippen LogP contribution is -2.37. The Kier molecular flexibility index (Phi) is 7.17. The maximum absolute atomic E-state index is 13.2. The second-order valence-electron chi connectivity index (χ2n) is 7.11. The van der Waals surface area contributed by atoms with Crippen molar-refractivity contribution in [3.8, 4) is 0 Å². The van der Waals surface area contributed by atoms with Crippen molar-refractivity contribution in [2.75, 3.05) is 36.5 Å². The Balaban J connectivity index is 1.72. The smallest absolute Gasteiger partial charge is 0.416 e. The zero-order chi connectivity index (χ0) is 22.4. The van der Waals surface area contributed by atoms with Crippen molar-refractivity contribution in [3.05, 3.63) is 59.7 Å². The molecule has 1 fully saturated rings. The number of anilines is 2. The van der Waals surface area contributed by atoms with Crippen LogP contribution in [0.15, 0.2) is 48.5 Å². The molecular weight excluding hydrogens is 413 g/mol. The van der Waals surface area contributed by atoms with Crippen LogP contribution in [0.5, 0.6) is 0 Å². The molecule has 0 aromatic heterocycles. The van der Waals surface area contributed by atoms with Gasteiger partial charge in [-0.15, -0.1) is 0 Å². The van der Waals surface area contributed by atoms with Gasteiger partial charge >= 0.3 is 12.1 Å². The van der Waals surface area contributed by atoms with Crippen molar-refractivity contribution in [2.45, 2.75) is 25.6 Å². The highest BCUT2D eigenvalue weighted by Gasteiger charge is 2.32. The minimum absolute atomic E-state index is 0.00711. The zero-order valence-corrected chi connectivity index (χ0v) is 16.9. The fourth-order valence-corrected chi connectivity index (χ4v) is 3.18. The molecule has 1 heterocycles. The van der Waals surface area contributed by atoms with Crippen LogP contribution >= 0.6 is 0 Å². The summed E-state index contributed by atoms with van der Waals surface area (Å²) < 4.78 is 50.1. The van der Waals surface area contributed by atoms with Crippen molar-refractivity contribution in [1.29, 1.82) is 0 Å². The second kappa shape index (κ2) is 9.82. The third kappa shape index (κ3) is 6.21. The molecule has 0 radical (unpaired) electrons. The van der Waals surface area contributed by atoms with E-state index >= 15 is 0 Å². The summed E-state index contributed by atoms with van der Waals surface area (Å²) in [6, 6.07) is 12.1. The Labute approximate surface area is 177 Å². The van der Waals surface area contributed by atoms with Crippen molar-refractivity contribution in [2.24, 2.45) is 0 Å². The summed E-state index contributed by atoms with van der Waals surface area (Å²) in [6.07, 6.45) is -5.75. The molecule has 1 unspecified atom stereocenters. The molecule has 166 valence electrons. The molecule has 0 aliphatic carbocycles. The lowest BCUT2D eigenvalue weighted by atomic mass is 10.1. The van der Waals surface area contributed by atoms with Gasteiger partial charge in [-0.3, -0.25) is 9.59 Å². The molecule has 1 N–H and O–H groups in total. The lowest BCUT2D eigenvalue weighted by Gasteiger charge is -2.31. The summed E-state index contributed by atoms with van der Waals surface area (Å²) >= 11 is 0. The van der Waals surface area contributed by atoms with Gasteiger partial charge in [0, 0.05) is 13.1 Å². The highest BCUT2D eigenvalue weighted by Crippen LogP contribution is 2.35. The molecular formula is C22H23F3N2O4. The second-order valence-corrected chi connectivity index (χ2v) is 7.11. The van der Waals surface area contributed by atoms with Crippen LogP contribution in [0.3, 0.4) is 0 Å². The molecule has 6 nitrogen and oxygen atoms in total. The largest absolute Gasteiger partial charge is 0.452 e. The molecule has 2 aromatic carbocycles. The first-order chi connectivity index (χ1) is 14.7. The van der Waals surface area contributed by atoms with Gasteiger partial charge in [-0.05, 0) is 30.7 Å². The van der Waals surface area contributed by atoms with Gasteiger partial charge in [0.2, 0.25) is 0 Å². The highest BCUT2D eigenvalue weighted by atomic mass is 19.4. The number of carbonyl (C=O) groups excluding carboxylic acids is 2. The summed E-state index contributed by atoms with van der Waals surface area (Å²) in [7, 11) is 0. The van der Waals surface area contributed by atoms with E-state index in [0.717, 1.165) is 17.7 Å². The van der Waals surface area contributed by atoms with Crippen LogP contribution < -0.4 is 10.2 Å². The molecule has 1 aliphatic heterocycles. The standard InChI is InChI=1S/C22H23F3N2O4/c1-15(31-20(28)13-16-5-3-2-4-6-16)21(29)26-18-14-17(22(23,24)25)7-8-19(18)27-9-11-30-12-10-27/h2-8,14-15H,9-13H2,1H3,(H,26,29). The number of alkyl halides is 3. The fraction of sp³-hybridized carbons (Fsp3) is 0.364. The van der Waals surface area contributed by atoms with Gasteiger partial charge < -0.3 is 19.7 Å². The predicted molar refractivity (Wildman–Crippen MR) is 109 cm³/mol. The Morgan fingerprint density at radius 1 is 1.13 bits per heavy atom. The Bertz CT molecular complexity index is 913. The molecule has 1 aliphatic rings. The lowest BCUT2D eigenvalue weighted by molar-refractivity contribution is -0.152. The minimum Gasteiger partial charge on any atom is -0.452 e. The number of halogens is 3. The topological polar surface area (TPSA) is 67.9 Å². The predicted octanol–water partition coefficient (Wildman–Crippen LogP) is 3.65.